The van der Waals surface area contributed by atoms with E-state index >= 15 is 0 Å². The van der Waals surface area contributed by atoms with Crippen LogP contribution in [0.15, 0.2) is 59.8 Å². The third-order valence-electron chi connectivity index (χ3n) is 3.38. The largest absolute Gasteiger partial charge is 0.325 e. The van der Waals surface area contributed by atoms with E-state index in [4.69, 9.17) is 0 Å². The van der Waals surface area contributed by atoms with E-state index in [1.807, 2.05) is 68.4 Å². The van der Waals surface area contributed by atoms with Crippen molar-refractivity contribution in [3.8, 4) is 5.69 Å². The fraction of sp³-hybridized carbons (Fsp3) is 0.176. The molecule has 0 fully saturated rings. The van der Waals surface area contributed by atoms with Gasteiger partial charge in [0.15, 0.2) is 0 Å². The summed E-state index contributed by atoms with van der Waals surface area (Å²) >= 11 is 1.32. The molecule has 2 aromatic carbocycles. The molecule has 1 heterocycles. The highest BCUT2D eigenvalue weighted by atomic mass is 32.2. The summed E-state index contributed by atoms with van der Waals surface area (Å²) < 4.78 is 1.64. The van der Waals surface area contributed by atoms with Crippen LogP contribution in [0, 0.1) is 6.92 Å². The molecule has 1 unspecified atom stereocenters. The SMILES string of the molecule is Cc1cccc(-n2nnnc2SC(C)C(=O)Nc2ccccc2)c1. The Balaban J connectivity index is 1.72. The van der Waals surface area contributed by atoms with Crippen LogP contribution in [0.5, 0.6) is 0 Å². The van der Waals surface area contributed by atoms with Crippen molar-refractivity contribution in [2.24, 2.45) is 0 Å². The zero-order chi connectivity index (χ0) is 16.9. The van der Waals surface area contributed by atoms with Crippen molar-refractivity contribution in [1.29, 1.82) is 0 Å². The summed E-state index contributed by atoms with van der Waals surface area (Å²) in [4.78, 5) is 12.3. The lowest BCUT2D eigenvalue weighted by Gasteiger charge is -2.11. The van der Waals surface area contributed by atoms with E-state index < -0.39 is 0 Å². The summed E-state index contributed by atoms with van der Waals surface area (Å²) in [6.07, 6.45) is 0. The Hall–Kier alpha value is -2.67. The molecule has 1 amide bonds. The van der Waals surface area contributed by atoms with E-state index in [2.05, 4.69) is 20.8 Å². The lowest BCUT2D eigenvalue weighted by molar-refractivity contribution is -0.115. The second-order valence-corrected chi connectivity index (χ2v) is 6.64. The van der Waals surface area contributed by atoms with Gasteiger partial charge in [0.05, 0.1) is 10.9 Å². The monoisotopic (exact) mass is 339 g/mol. The Morgan fingerprint density at radius 1 is 1.17 bits per heavy atom. The van der Waals surface area contributed by atoms with Crippen LogP contribution in [0.25, 0.3) is 5.69 Å². The summed E-state index contributed by atoms with van der Waals surface area (Å²) in [5, 5.41) is 14.9. The first-order valence-electron chi connectivity index (χ1n) is 7.51. The van der Waals surface area contributed by atoms with Crippen molar-refractivity contribution in [1.82, 2.24) is 20.2 Å². The van der Waals surface area contributed by atoms with Gasteiger partial charge in [-0.05, 0) is 54.1 Å². The summed E-state index contributed by atoms with van der Waals surface area (Å²) in [6, 6.07) is 17.3. The number of tetrazole rings is 1. The molecule has 0 aliphatic rings. The summed E-state index contributed by atoms with van der Waals surface area (Å²) in [5.74, 6) is -0.0926. The lowest BCUT2D eigenvalue weighted by Crippen LogP contribution is -2.22. The minimum absolute atomic E-state index is 0.0926. The van der Waals surface area contributed by atoms with Crippen LogP contribution >= 0.6 is 11.8 Å². The molecule has 0 saturated heterocycles. The van der Waals surface area contributed by atoms with Crippen LogP contribution in [0.3, 0.4) is 0 Å². The average Bonchev–Trinajstić information content (AvgIpc) is 3.04. The molecule has 0 aliphatic heterocycles. The Labute approximate surface area is 144 Å². The van der Waals surface area contributed by atoms with Crippen molar-refractivity contribution in [3.63, 3.8) is 0 Å². The number of hydrogen-bond acceptors (Lipinski definition) is 5. The Kier molecular flexibility index (Phi) is 4.90. The molecule has 1 aromatic heterocycles. The molecule has 24 heavy (non-hydrogen) atoms. The van der Waals surface area contributed by atoms with E-state index in [0.717, 1.165) is 16.9 Å². The number of carbonyl (C=O) groups is 1. The Bertz CT molecular complexity index is 834. The average molecular weight is 339 g/mol. The molecule has 1 atom stereocenters. The highest BCUT2D eigenvalue weighted by molar-refractivity contribution is 8.00. The van der Waals surface area contributed by atoms with Crippen LogP contribution in [0.2, 0.25) is 0 Å². The van der Waals surface area contributed by atoms with Crippen LogP contribution in [0.1, 0.15) is 12.5 Å². The first kappa shape index (κ1) is 16.2. The van der Waals surface area contributed by atoms with Gasteiger partial charge in [-0.25, -0.2) is 0 Å². The first-order valence-corrected chi connectivity index (χ1v) is 8.39. The number of aryl methyl sites for hydroxylation is 1. The van der Waals surface area contributed by atoms with Gasteiger partial charge in [-0.2, -0.15) is 4.68 Å². The van der Waals surface area contributed by atoms with Crippen LogP contribution in [-0.4, -0.2) is 31.4 Å². The highest BCUT2D eigenvalue weighted by Crippen LogP contribution is 2.24. The molecule has 7 heteroatoms. The third-order valence-corrected chi connectivity index (χ3v) is 4.41. The van der Waals surface area contributed by atoms with Gasteiger partial charge < -0.3 is 5.32 Å². The fourth-order valence-electron chi connectivity index (χ4n) is 2.15. The third kappa shape index (κ3) is 3.80. The number of nitrogens with zero attached hydrogens (tertiary/aromatic N) is 4. The van der Waals surface area contributed by atoms with Crippen molar-refractivity contribution in [3.05, 3.63) is 60.2 Å². The summed E-state index contributed by atoms with van der Waals surface area (Å²) in [5.41, 5.74) is 2.76. The van der Waals surface area contributed by atoms with E-state index in [9.17, 15) is 4.79 Å². The number of hydrogen-bond donors (Lipinski definition) is 1. The zero-order valence-corrected chi connectivity index (χ0v) is 14.2. The molecule has 122 valence electrons. The second-order valence-electron chi connectivity index (χ2n) is 5.33. The number of rotatable bonds is 5. The molecule has 3 aromatic rings. The highest BCUT2D eigenvalue weighted by Gasteiger charge is 2.19. The molecule has 0 spiro atoms. The molecule has 0 bridgehead atoms. The molecule has 6 nitrogen and oxygen atoms in total. The van der Waals surface area contributed by atoms with Gasteiger partial charge in [-0.15, -0.1) is 5.10 Å². The first-order chi connectivity index (χ1) is 11.6. The van der Waals surface area contributed by atoms with Crippen LogP contribution < -0.4 is 5.32 Å². The minimum Gasteiger partial charge on any atom is -0.325 e. The molecule has 3 rings (SSSR count). The van der Waals surface area contributed by atoms with Crippen LogP contribution in [0.4, 0.5) is 5.69 Å². The maximum absolute atomic E-state index is 12.3. The van der Waals surface area contributed by atoms with E-state index in [0.29, 0.717) is 5.16 Å². The van der Waals surface area contributed by atoms with Crippen molar-refractivity contribution < 1.29 is 4.79 Å². The number of anilines is 1. The van der Waals surface area contributed by atoms with Gasteiger partial charge in [-0.3, -0.25) is 4.79 Å². The molecule has 0 saturated carbocycles. The van der Waals surface area contributed by atoms with Crippen molar-refractivity contribution >= 4 is 23.4 Å². The van der Waals surface area contributed by atoms with Crippen molar-refractivity contribution in [2.75, 3.05) is 5.32 Å². The predicted molar refractivity (Wildman–Crippen MR) is 94.3 cm³/mol. The zero-order valence-electron chi connectivity index (χ0n) is 13.4. The number of amides is 1. The van der Waals surface area contributed by atoms with Crippen LogP contribution in [-0.2, 0) is 4.79 Å². The van der Waals surface area contributed by atoms with E-state index in [-0.39, 0.29) is 11.2 Å². The maximum atomic E-state index is 12.3. The number of thioether (sulfide) groups is 1. The normalized spacial score (nSPS) is 11.9. The number of nitrogens with one attached hydrogen (secondary N) is 1. The van der Waals surface area contributed by atoms with Gasteiger partial charge in [0, 0.05) is 5.69 Å². The molecule has 0 radical (unpaired) electrons. The van der Waals surface area contributed by atoms with E-state index in [1.54, 1.807) is 4.68 Å². The number of carbonyl (C=O) groups excluding carboxylic acids is 1. The topological polar surface area (TPSA) is 72.7 Å². The smallest absolute Gasteiger partial charge is 0.237 e. The van der Waals surface area contributed by atoms with Gasteiger partial charge in [0.25, 0.3) is 0 Å². The minimum atomic E-state index is -0.334. The summed E-state index contributed by atoms with van der Waals surface area (Å²) in [7, 11) is 0. The Morgan fingerprint density at radius 3 is 2.71 bits per heavy atom. The molecular formula is C17H17N5OS. The lowest BCUT2D eigenvalue weighted by atomic mass is 10.2. The summed E-state index contributed by atoms with van der Waals surface area (Å²) in [6.45, 7) is 3.84. The number of aromatic nitrogens is 4. The maximum Gasteiger partial charge on any atom is 0.237 e. The standard InChI is InChI=1S/C17H17N5OS/c1-12-7-6-10-15(11-12)22-17(19-20-21-22)24-13(2)16(23)18-14-8-4-3-5-9-14/h3-11,13H,1-2H3,(H,18,23). The quantitative estimate of drug-likeness (QED) is 0.723. The number of para-hydroxylation sites is 1. The van der Waals surface area contributed by atoms with Crippen molar-refractivity contribution in [2.45, 2.75) is 24.3 Å². The number of benzene rings is 2. The molecule has 1 N–H and O–H groups in total. The van der Waals surface area contributed by atoms with Gasteiger partial charge in [0.1, 0.15) is 0 Å². The fourth-order valence-corrected chi connectivity index (χ4v) is 2.96. The predicted octanol–water partition coefficient (Wildman–Crippen LogP) is 3.09. The van der Waals surface area contributed by atoms with Gasteiger partial charge in [0.2, 0.25) is 11.1 Å². The second kappa shape index (κ2) is 7.27. The van der Waals surface area contributed by atoms with Gasteiger partial charge in [-0.1, -0.05) is 42.1 Å². The molecular weight excluding hydrogens is 322 g/mol. The molecule has 0 aliphatic carbocycles. The Morgan fingerprint density at radius 2 is 1.96 bits per heavy atom. The van der Waals surface area contributed by atoms with E-state index in [1.165, 1.54) is 11.8 Å². The van der Waals surface area contributed by atoms with Gasteiger partial charge >= 0.3 is 0 Å².